The molecule has 0 aromatic carbocycles. The van der Waals surface area contributed by atoms with Crippen molar-refractivity contribution in [1.82, 2.24) is 9.97 Å². The second kappa shape index (κ2) is 4.33. The number of rotatable bonds is 2. The molecule has 64 valence electrons. The van der Waals surface area contributed by atoms with Gasteiger partial charge in [0.2, 0.25) is 0 Å². The van der Waals surface area contributed by atoms with E-state index in [9.17, 15) is 0 Å². The second-order valence-electron chi connectivity index (χ2n) is 2.05. The SMILES string of the molecule is Nc1ncc(Cl)nc1C=CCS. The van der Waals surface area contributed by atoms with Crippen LogP contribution >= 0.6 is 24.2 Å². The first-order chi connectivity index (χ1) is 5.74. The van der Waals surface area contributed by atoms with Crippen LogP contribution in [0.4, 0.5) is 5.82 Å². The van der Waals surface area contributed by atoms with Gasteiger partial charge < -0.3 is 5.73 Å². The first kappa shape index (κ1) is 9.35. The second-order valence-corrected chi connectivity index (χ2v) is 2.80. The molecule has 0 unspecified atom stereocenters. The van der Waals surface area contributed by atoms with Crippen molar-refractivity contribution < 1.29 is 0 Å². The lowest BCUT2D eigenvalue weighted by atomic mass is 10.4. The average Bonchev–Trinajstić information content (AvgIpc) is 2.07. The Hall–Kier alpha value is -0.740. The smallest absolute Gasteiger partial charge is 0.149 e. The molecule has 0 radical (unpaired) electrons. The van der Waals surface area contributed by atoms with Crippen LogP contribution in [-0.4, -0.2) is 15.7 Å². The van der Waals surface area contributed by atoms with Crippen LogP contribution in [0.3, 0.4) is 0 Å². The van der Waals surface area contributed by atoms with Gasteiger partial charge in [0, 0.05) is 5.75 Å². The zero-order chi connectivity index (χ0) is 8.97. The summed E-state index contributed by atoms with van der Waals surface area (Å²) in [7, 11) is 0. The molecule has 0 bridgehead atoms. The van der Waals surface area contributed by atoms with E-state index in [1.807, 2.05) is 6.08 Å². The fourth-order valence-corrected chi connectivity index (χ4v) is 0.922. The van der Waals surface area contributed by atoms with E-state index in [0.717, 1.165) is 0 Å². The van der Waals surface area contributed by atoms with Crippen LogP contribution in [0.1, 0.15) is 5.69 Å². The number of thiol groups is 1. The Balaban J connectivity index is 2.97. The van der Waals surface area contributed by atoms with Crippen LogP contribution < -0.4 is 5.73 Å². The fraction of sp³-hybridized carbons (Fsp3) is 0.143. The van der Waals surface area contributed by atoms with Gasteiger partial charge >= 0.3 is 0 Å². The minimum absolute atomic E-state index is 0.336. The Morgan fingerprint density at radius 1 is 1.67 bits per heavy atom. The molecule has 0 aliphatic rings. The van der Waals surface area contributed by atoms with Crippen LogP contribution in [0.5, 0.6) is 0 Å². The summed E-state index contributed by atoms with van der Waals surface area (Å²) in [4.78, 5) is 7.81. The minimum atomic E-state index is 0.336. The zero-order valence-electron chi connectivity index (χ0n) is 6.24. The number of hydrogen-bond donors (Lipinski definition) is 2. The first-order valence-electron chi connectivity index (χ1n) is 3.29. The third-order valence-corrected chi connectivity index (χ3v) is 1.57. The molecule has 1 aromatic heterocycles. The molecule has 0 amide bonds. The summed E-state index contributed by atoms with van der Waals surface area (Å²) in [6.07, 6.45) is 4.97. The number of nitrogens with two attached hydrogens (primary N) is 1. The maximum absolute atomic E-state index is 5.61. The maximum Gasteiger partial charge on any atom is 0.149 e. The average molecular weight is 202 g/mol. The van der Waals surface area contributed by atoms with Crippen molar-refractivity contribution in [3.05, 3.63) is 23.1 Å². The summed E-state index contributed by atoms with van der Waals surface area (Å²) in [5, 5.41) is 0.336. The molecule has 0 atom stereocenters. The van der Waals surface area contributed by atoms with Gasteiger partial charge in [-0.2, -0.15) is 12.6 Å². The monoisotopic (exact) mass is 201 g/mol. The van der Waals surface area contributed by atoms with Gasteiger partial charge in [0.05, 0.1) is 6.20 Å². The Kier molecular flexibility index (Phi) is 3.37. The van der Waals surface area contributed by atoms with E-state index in [0.29, 0.717) is 22.4 Å². The molecule has 3 nitrogen and oxygen atoms in total. The van der Waals surface area contributed by atoms with Crippen molar-refractivity contribution in [2.75, 3.05) is 11.5 Å². The van der Waals surface area contributed by atoms with Gasteiger partial charge in [0.25, 0.3) is 0 Å². The topological polar surface area (TPSA) is 51.8 Å². The van der Waals surface area contributed by atoms with E-state index >= 15 is 0 Å². The van der Waals surface area contributed by atoms with Crippen LogP contribution in [0, 0.1) is 0 Å². The lowest BCUT2D eigenvalue weighted by Crippen LogP contribution is -1.96. The molecule has 0 aliphatic heterocycles. The van der Waals surface area contributed by atoms with E-state index < -0.39 is 0 Å². The highest BCUT2D eigenvalue weighted by Crippen LogP contribution is 2.11. The van der Waals surface area contributed by atoms with Gasteiger partial charge in [-0.15, -0.1) is 0 Å². The number of aromatic nitrogens is 2. The molecule has 0 aliphatic carbocycles. The molecule has 0 saturated carbocycles. The molecule has 1 rings (SSSR count). The summed E-state index contributed by atoms with van der Waals surface area (Å²) in [5.74, 6) is 1.01. The number of halogens is 1. The van der Waals surface area contributed by atoms with Crippen molar-refractivity contribution in [1.29, 1.82) is 0 Å². The Morgan fingerprint density at radius 3 is 3.08 bits per heavy atom. The molecular formula is C7H8ClN3S. The van der Waals surface area contributed by atoms with Crippen molar-refractivity contribution >= 4 is 36.1 Å². The van der Waals surface area contributed by atoms with E-state index in [1.54, 1.807) is 6.08 Å². The lowest BCUT2D eigenvalue weighted by molar-refractivity contribution is 1.19. The minimum Gasteiger partial charge on any atom is -0.382 e. The molecule has 1 heterocycles. The third kappa shape index (κ3) is 2.39. The standard InChI is InChI=1S/C7H8ClN3S/c8-6-4-10-7(9)5(11-6)2-1-3-12/h1-2,4,12H,3H2,(H2,9,10). The Labute approximate surface area is 81.1 Å². The van der Waals surface area contributed by atoms with Crippen molar-refractivity contribution in [3.63, 3.8) is 0 Å². The molecule has 5 heteroatoms. The van der Waals surface area contributed by atoms with Crippen molar-refractivity contribution in [2.24, 2.45) is 0 Å². The van der Waals surface area contributed by atoms with Crippen LogP contribution in [-0.2, 0) is 0 Å². The Bertz CT molecular complexity index is 301. The predicted octanol–water partition coefficient (Wildman–Crippen LogP) is 1.66. The summed E-state index contributed by atoms with van der Waals surface area (Å²) in [6, 6.07) is 0. The summed E-state index contributed by atoms with van der Waals surface area (Å²) in [5.41, 5.74) is 6.10. The predicted molar refractivity (Wildman–Crippen MR) is 54.3 cm³/mol. The lowest BCUT2D eigenvalue weighted by Gasteiger charge is -1.97. The van der Waals surface area contributed by atoms with E-state index in [1.165, 1.54) is 6.20 Å². The van der Waals surface area contributed by atoms with Gasteiger partial charge in [-0.05, 0) is 6.08 Å². The molecule has 0 spiro atoms. The number of hydrogen-bond acceptors (Lipinski definition) is 4. The highest BCUT2D eigenvalue weighted by molar-refractivity contribution is 7.80. The third-order valence-electron chi connectivity index (χ3n) is 1.18. The number of anilines is 1. The molecule has 0 fully saturated rings. The van der Waals surface area contributed by atoms with Gasteiger partial charge in [-0.25, -0.2) is 9.97 Å². The highest BCUT2D eigenvalue weighted by Gasteiger charge is 1.98. The highest BCUT2D eigenvalue weighted by atomic mass is 35.5. The van der Waals surface area contributed by atoms with E-state index in [2.05, 4.69) is 22.6 Å². The zero-order valence-corrected chi connectivity index (χ0v) is 7.89. The maximum atomic E-state index is 5.61. The van der Waals surface area contributed by atoms with Crippen LogP contribution in [0.15, 0.2) is 12.3 Å². The molecule has 2 N–H and O–H groups in total. The number of nitrogens with zero attached hydrogens (tertiary/aromatic N) is 2. The molecule has 1 aromatic rings. The van der Waals surface area contributed by atoms with E-state index in [4.69, 9.17) is 17.3 Å². The quantitative estimate of drug-likeness (QED) is 0.716. The summed E-state index contributed by atoms with van der Waals surface area (Å²) < 4.78 is 0. The normalized spacial score (nSPS) is 10.8. The molecular weight excluding hydrogens is 194 g/mol. The molecule has 12 heavy (non-hydrogen) atoms. The van der Waals surface area contributed by atoms with Gasteiger partial charge in [-0.3, -0.25) is 0 Å². The Morgan fingerprint density at radius 2 is 2.42 bits per heavy atom. The van der Waals surface area contributed by atoms with Gasteiger partial charge in [0.15, 0.2) is 0 Å². The van der Waals surface area contributed by atoms with Crippen molar-refractivity contribution in [3.8, 4) is 0 Å². The summed E-state index contributed by atoms with van der Waals surface area (Å²) >= 11 is 9.62. The first-order valence-corrected chi connectivity index (χ1v) is 4.30. The molecule has 0 saturated heterocycles. The van der Waals surface area contributed by atoms with Crippen LogP contribution in [0.25, 0.3) is 6.08 Å². The largest absolute Gasteiger partial charge is 0.382 e. The van der Waals surface area contributed by atoms with Crippen LogP contribution in [0.2, 0.25) is 5.15 Å². The van der Waals surface area contributed by atoms with Gasteiger partial charge in [0.1, 0.15) is 16.7 Å². The number of nitrogen functional groups attached to an aromatic ring is 1. The fourth-order valence-electron chi connectivity index (χ4n) is 0.677. The van der Waals surface area contributed by atoms with Crippen molar-refractivity contribution in [2.45, 2.75) is 0 Å². The van der Waals surface area contributed by atoms with E-state index in [-0.39, 0.29) is 0 Å². The van der Waals surface area contributed by atoms with Gasteiger partial charge in [-0.1, -0.05) is 17.7 Å². The summed E-state index contributed by atoms with van der Waals surface area (Å²) in [6.45, 7) is 0.